The third kappa shape index (κ3) is 1290. The summed E-state index contributed by atoms with van der Waals surface area (Å²) in [6, 6.07) is 0. The Morgan fingerprint density at radius 1 is 1.67 bits per heavy atom. The predicted molar refractivity (Wildman–Crippen MR) is 32.6 cm³/mol. The largest absolute Gasteiger partial charge is 0.472 e. The van der Waals surface area contributed by atoms with Gasteiger partial charge in [0.05, 0.1) is 0 Å². The first-order valence-electron chi connectivity index (χ1n) is 1.79. The molecule has 0 aliphatic carbocycles. The van der Waals surface area contributed by atoms with Gasteiger partial charge in [-0.05, 0) is 0 Å². The lowest BCUT2D eigenvalue weighted by molar-refractivity contribution is -0.130. The van der Waals surface area contributed by atoms with Gasteiger partial charge in [0.2, 0.25) is 0 Å². The van der Waals surface area contributed by atoms with Gasteiger partial charge in [0.1, 0.15) is 0 Å². The molecule has 0 saturated carbocycles. The van der Waals surface area contributed by atoms with Crippen LogP contribution in [-0.2, 0) is 4.79 Å². The first kappa shape index (κ1) is 10.3. The molecule has 0 aliphatic heterocycles. The Kier molecular flexibility index (Phi) is 7.22. The van der Waals surface area contributed by atoms with Crippen molar-refractivity contribution >= 4 is 11.9 Å². The molecule has 0 fully saturated rings. The van der Waals surface area contributed by atoms with E-state index in [4.69, 9.17) is 15.3 Å². The number of hydrogen-bond donors (Lipinski definition) is 4. The Morgan fingerprint density at radius 3 is 1.78 bits per heavy atom. The minimum absolute atomic E-state index is 0.333. The van der Waals surface area contributed by atoms with E-state index in [1.807, 2.05) is 0 Å². The Bertz CT molecular complexity index is 142. The molecule has 5 nitrogen and oxygen atoms in total. The molecule has 0 amide bonds. The summed E-state index contributed by atoms with van der Waals surface area (Å²) in [5.74, 6) is -0.106. The molecule has 0 aromatic rings. The van der Waals surface area contributed by atoms with E-state index >= 15 is 0 Å². The van der Waals surface area contributed by atoms with Crippen molar-refractivity contribution in [2.24, 2.45) is 11.5 Å². The van der Waals surface area contributed by atoms with Crippen molar-refractivity contribution in [3.8, 4) is 12.3 Å². The molecule has 0 spiro atoms. The number of nitrogens with two attached hydrogens (primary N) is 2. The van der Waals surface area contributed by atoms with E-state index in [1.54, 1.807) is 0 Å². The highest BCUT2D eigenvalue weighted by Crippen LogP contribution is 1.44. The van der Waals surface area contributed by atoms with Crippen molar-refractivity contribution in [1.29, 1.82) is 5.41 Å². The number of aliphatic carboxylic acids is 1. The second-order valence-electron chi connectivity index (χ2n) is 0.905. The fourth-order valence-corrected chi connectivity index (χ4v) is 0. The smallest absolute Gasteiger partial charge is 0.381 e. The van der Waals surface area contributed by atoms with Gasteiger partial charge in [0.15, 0.2) is 5.96 Å². The van der Waals surface area contributed by atoms with Crippen LogP contribution in [0.1, 0.15) is 0 Å². The highest BCUT2D eigenvalue weighted by molar-refractivity contribution is 5.85. The summed E-state index contributed by atoms with van der Waals surface area (Å²) >= 11 is 0. The van der Waals surface area contributed by atoms with Crippen LogP contribution in [0, 0.1) is 17.8 Å². The summed E-state index contributed by atoms with van der Waals surface area (Å²) < 4.78 is 0. The fourth-order valence-electron chi connectivity index (χ4n) is 0. The van der Waals surface area contributed by atoms with Crippen molar-refractivity contribution in [2.45, 2.75) is 0 Å². The highest BCUT2D eigenvalue weighted by atomic mass is 16.4. The Labute approximate surface area is 52.2 Å². The van der Waals surface area contributed by atoms with Crippen molar-refractivity contribution in [3.05, 3.63) is 0 Å². The molecule has 0 aromatic heterocycles. The van der Waals surface area contributed by atoms with Gasteiger partial charge in [0, 0.05) is 5.92 Å². The molecule has 0 bridgehead atoms. The van der Waals surface area contributed by atoms with Crippen LogP contribution >= 0.6 is 0 Å². The minimum Gasteiger partial charge on any atom is -0.472 e. The van der Waals surface area contributed by atoms with Crippen LogP contribution in [0.4, 0.5) is 0 Å². The number of hydrogen-bond acceptors (Lipinski definition) is 2. The zero-order valence-electron chi connectivity index (χ0n) is 4.59. The number of rotatable bonds is 0. The van der Waals surface area contributed by atoms with Crippen molar-refractivity contribution < 1.29 is 9.90 Å². The molecule has 5 heteroatoms. The molecule has 0 rings (SSSR count). The van der Waals surface area contributed by atoms with Gasteiger partial charge in [-0.3, -0.25) is 5.41 Å². The molecule has 0 aliphatic rings. The van der Waals surface area contributed by atoms with Gasteiger partial charge in [-0.25, -0.2) is 4.79 Å². The summed E-state index contributed by atoms with van der Waals surface area (Å²) in [6.45, 7) is 0. The first-order valence-corrected chi connectivity index (χ1v) is 1.79. The van der Waals surface area contributed by atoms with Crippen molar-refractivity contribution in [2.75, 3.05) is 0 Å². The standard InChI is InChI=1S/C3H2O2.CH5N3/c1-2-3(4)5;2-1(3)4/h1H,(H,4,5);(H5,2,3,4). The lowest BCUT2D eigenvalue weighted by Crippen LogP contribution is -2.20. The average Bonchev–Trinajstić information content (AvgIpc) is 1.65. The van der Waals surface area contributed by atoms with Gasteiger partial charge in [-0.1, -0.05) is 0 Å². The summed E-state index contributed by atoms with van der Waals surface area (Å²) in [4.78, 5) is 9.13. The van der Waals surface area contributed by atoms with Gasteiger partial charge in [-0.15, -0.1) is 6.42 Å². The van der Waals surface area contributed by atoms with Crippen molar-refractivity contribution in [3.63, 3.8) is 0 Å². The SMILES string of the molecule is C#CC(=O)O.N=C(N)N. The van der Waals surface area contributed by atoms with Crippen LogP contribution in [0.3, 0.4) is 0 Å². The van der Waals surface area contributed by atoms with E-state index in [9.17, 15) is 0 Å². The van der Waals surface area contributed by atoms with E-state index in [2.05, 4.69) is 17.9 Å². The Balaban J connectivity index is 0. The van der Waals surface area contributed by atoms with Crippen LogP contribution < -0.4 is 11.5 Å². The topological polar surface area (TPSA) is 113 Å². The van der Waals surface area contributed by atoms with E-state index in [0.717, 1.165) is 0 Å². The van der Waals surface area contributed by atoms with E-state index in [1.165, 1.54) is 5.92 Å². The molecule has 0 saturated heterocycles. The normalized spacial score (nSPS) is 5.67. The highest BCUT2D eigenvalue weighted by Gasteiger charge is 1.74. The molecule has 0 heterocycles. The zero-order chi connectivity index (χ0) is 7.86. The fraction of sp³-hybridized carbons (Fsp3) is 0. The van der Waals surface area contributed by atoms with Crippen LogP contribution in [0.15, 0.2) is 0 Å². The Morgan fingerprint density at radius 2 is 1.78 bits per heavy atom. The maximum absolute atomic E-state index is 9.13. The van der Waals surface area contributed by atoms with Crippen molar-refractivity contribution in [1.82, 2.24) is 0 Å². The van der Waals surface area contributed by atoms with Gasteiger partial charge >= 0.3 is 5.97 Å². The third-order valence-corrected chi connectivity index (χ3v) is 0.123. The second-order valence-corrected chi connectivity index (χ2v) is 0.905. The predicted octanol–water partition coefficient (Wildman–Crippen LogP) is -1.46. The number of carboxylic acid groups (broad SMARTS) is 1. The molecular formula is C4H7N3O2. The summed E-state index contributed by atoms with van der Waals surface area (Å²) in [6.07, 6.45) is 4.32. The maximum atomic E-state index is 9.13. The van der Waals surface area contributed by atoms with E-state index < -0.39 is 5.97 Å². The van der Waals surface area contributed by atoms with Gasteiger partial charge < -0.3 is 16.6 Å². The lowest BCUT2D eigenvalue weighted by atomic mass is 10.7. The molecule has 0 aromatic carbocycles. The third-order valence-electron chi connectivity index (χ3n) is 0.123. The zero-order valence-corrected chi connectivity index (χ0v) is 4.59. The summed E-state index contributed by atoms with van der Waals surface area (Å²) in [7, 11) is 0. The monoisotopic (exact) mass is 129 g/mol. The number of guanidine groups is 1. The molecule has 6 N–H and O–H groups in total. The first-order chi connectivity index (χ1) is 4.00. The number of carbonyl (C=O) groups is 1. The quantitative estimate of drug-likeness (QED) is 0.182. The Hall–Kier alpha value is -1.70. The average molecular weight is 129 g/mol. The lowest BCUT2D eigenvalue weighted by Gasteiger charge is -1.69. The number of carboxylic acids is 1. The summed E-state index contributed by atoms with van der Waals surface area (Å²) in [5.41, 5.74) is 8.94. The number of terminal acetylenes is 1. The van der Waals surface area contributed by atoms with Crippen LogP contribution in [0.25, 0.3) is 0 Å². The van der Waals surface area contributed by atoms with Gasteiger partial charge in [-0.2, -0.15) is 0 Å². The molecule has 0 atom stereocenters. The molecule has 50 valence electrons. The van der Waals surface area contributed by atoms with Crippen LogP contribution in [0.2, 0.25) is 0 Å². The second kappa shape index (κ2) is 6.30. The minimum atomic E-state index is -1.22. The van der Waals surface area contributed by atoms with Crippen LogP contribution in [0.5, 0.6) is 0 Å². The molecule has 0 unspecified atom stereocenters. The van der Waals surface area contributed by atoms with E-state index in [-0.39, 0.29) is 5.96 Å². The number of nitrogens with one attached hydrogen (secondary N) is 1. The molecule has 0 radical (unpaired) electrons. The van der Waals surface area contributed by atoms with Crippen LogP contribution in [-0.4, -0.2) is 17.0 Å². The molecular weight excluding hydrogens is 122 g/mol. The van der Waals surface area contributed by atoms with E-state index in [0.29, 0.717) is 0 Å². The molecule has 9 heavy (non-hydrogen) atoms. The van der Waals surface area contributed by atoms with Gasteiger partial charge in [0.25, 0.3) is 0 Å². The summed E-state index contributed by atoms with van der Waals surface area (Å²) in [5, 5.41) is 13.5. The maximum Gasteiger partial charge on any atom is 0.381 e.